The number of rotatable bonds is 2. The van der Waals surface area contributed by atoms with Gasteiger partial charge >= 0.3 is 0 Å². The zero-order chi connectivity index (χ0) is 6.69. The van der Waals surface area contributed by atoms with Gasteiger partial charge in [0.25, 0.3) is 0 Å². The second kappa shape index (κ2) is 7.02. The Labute approximate surface area is 90.7 Å². The van der Waals surface area contributed by atoms with E-state index in [2.05, 4.69) is 4.98 Å². The Morgan fingerprint density at radius 2 is 2.09 bits per heavy atom. The number of nitrogens with two attached hydrogens (primary N) is 2. The van der Waals surface area contributed by atoms with Crippen molar-refractivity contribution in [2.75, 3.05) is 12.3 Å². The zero-order valence-corrected chi connectivity index (χ0v) is 10.1. The Hall–Kier alpha value is 0.350. The maximum absolute atomic E-state index is 5.38. The molecule has 0 spiro atoms. The molecule has 0 radical (unpaired) electrons. The van der Waals surface area contributed by atoms with Crippen LogP contribution < -0.4 is 11.5 Å². The lowest BCUT2D eigenvalue weighted by Gasteiger charge is -1.86. The molecule has 0 fully saturated rings. The van der Waals surface area contributed by atoms with Gasteiger partial charge in [-0.1, -0.05) is 0 Å². The topological polar surface area (TPSA) is 64.9 Å². The third-order valence-electron chi connectivity index (χ3n) is 0.970. The molecule has 6 heteroatoms. The molecule has 0 aliphatic carbocycles. The molecule has 0 amide bonds. The van der Waals surface area contributed by atoms with E-state index in [1.165, 1.54) is 11.3 Å². The van der Waals surface area contributed by atoms with E-state index >= 15 is 0 Å². The van der Waals surface area contributed by atoms with Crippen molar-refractivity contribution in [3.05, 3.63) is 11.1 Å². The molecular weight excluding hydrogens is 294 g/mol. The summed E-state index contributed by atoms with van der Waals surface area (Å²) in [6.45, 7) is 0.642. The second-order valence-electron chi connectivity index (χ2n) is 1.72. The molecule has 0 unspecified atom stereocenters. The monoisotopic (exact) mass is 303 g/mol. The normalized spacial score (nSPS) is 8.09. The van der Waals surface area contributed by atoms with E-state index in [0.29, 0.717) is 11.7 Å². The third-order valence-corrected chi connectivity index (χ3v) is 1.69. The van der Waals surface area contributed by atoms with E-state index in [4.69, 9.17) is 11.5 Å². The molecule has 0 saturated heterocycles. The van der Waals surface area contributed by atoms with Crippen molar-refractivity contribution in [2.24, 2.45) is 5.73 Å². The lowest BCUT2D eigenvalue weighted by Crippen LogP contribution is -2.02. The van der Waals surface area contributed by atoms with Crippen LogP contribution in [-0.2, 0) is 6.42 Å². The zero-order valence-electron chi connectivity index (χ0n) is 5.82. The number of nitrogen functional groups attached to an aromatic ring is 1. The molecule has 0 aromatic carbocycles. The maximum atomic E-state index is 5.38. The Morgan fingerprint density at radius 1 is 1.45 bits per heavy atom. The summed E-state index contributed by atoms with van der Waals surface area (Å²) in [6.07, 6.45) is 0.827. The predicted molar refractivity (Wildman–Crippen MR) is 59.9 cm³/mol. The maximum Gasteiger partial charge on any atom is 0.180 e. The molecule has 0 atom stereocenters. The smallest absolute Gasteiger partial charge is 0.180 e. The molecule has 0 aliphatic heterocycles. The van der Waals surface area contributed by atoms with Crippen molar-refractivity contribution in [1.82, 2.24) is 4.98 Å². The Morgan fingerprint density at radius 3 is 2.45 bits per heavy atom. The average Bonchev–Trinajstić information content (AvgIpc) is 2.17. The SMILES string of the molecule is Br.Br.NCCc1csc(N)n1. The lowest BCUT2D eigenvalue weighted by atomic mass is 10.3. The molecular formula is C5H11Br2N3S. The second-order valence-corrected chi connectivity index (χ2v) is 2.61. The van der Waals surface area contributed by atoms with Crippen molar-refractivity contribution >= 4 is 50.4 Å². The molecule has 0 bridgehead atoms. The van der Waals surface area contributed by atoms with Crippen molar-refractivity contribution in [3.8, 4) is 0 Å². The van der Waals surface area contributed by atoms with Crippen LogP contribution in [0.15, 0.2) is 5.38 Å². The molecule has 1 aromatic rings. The fourth-order valence-corrected chi connectivity index (χ4v) is 1.18. The molecule has 1 rings (SSSR count). The predicted octanol–water partition coefficient (Wildman–Crippen LogP) is 1.38. The summed E-state index contributed by atoms with van der Waals surface area (Å²) in [6, 6.07) is 0. The summed E-state index contributed by atoms with van der Waals surface area (Å²) in [7, 11) is 0. The fourth-order valence-electron chi connectivity index (χ4n) is 0.585. The minimum Gasteiger partial charge on any atom is -0.375 e. The van der Waals surface area contributed by atoms with Crippen LogP contribution in [0.3, 0.4) is 0 Å². The van der Waals surface area contributed by atoms with Crippen LogP contribution in [0.1, 0.15) is 5.69 Å². The molecule has 1 heterocycles. The Balaban J connectivity index is 0. The Kier molecular flexibility index (Phi) is 8.88. The summed E-state index contributed by atoms with van der Waals surface area (Å²) in [5.74, 6) is 0. The van der Waals surface area contributed by atoms with Gasteiger partial charge in [-0.15, -0.1) is 45.3 Å². The van der Waals surface area contributed by atoms with Crippen molar-refractivity contribution in [1.29, 1.82) is 0 Å². The Bertz CT molecular complexity index is 192. The van der Waals surface area contributed by atoms with Crippen LogP contribution in [0.2, 0.25) is 0 Å². The van der Waals surface area contributed by atoms with Gasteiger partial charge in [0.1, 0.15) is 0 Å². The number of anilines is 1. The highest BCUT2D eigenvalue weighted by atomic mass is 79.9. The highest BCUT2D eigenvalue weighted by Crippen LogP contribution is 2.10. The van der Waals surface area contributed by atoms with E-state index in [1.54, 1.807) is 0 Å². The molecule has 0 aliphatic rings. The number of aromatic nitrogens is 1. The van der Waals surface area contributed by atoms with Gasteiger partial charge < -0.3 is 11.5 Å². The molecule has 4 N–H and O–H groups in total. The van der Waals surface area contributed by atoms with Gasteiger partial charge in [0, 0.05) is 11.8 Å². The average molecular weight is 305 g/mol. The first-order valence-corrected chi connectivity index (χ1v) is 3.61. The number of nitrogens with zero attached hydrogens (tertiary/aromatic N) is 1. The summed E-state index contributed by atoms with van der Waals surface area (Å²) >= 11 is 1.46. The molecule has 1 aromatic heterocycles. The summed E-state index contributed by atoms with van der Waals surface area (Å²) in [4.78, 5) is 4.02. The van der Waals surface area contributed by atoms with Crippen LogP contribution in [0.4, 0.5) is 5.13 Å². The number of halogens is 2. The first-order chi connectivity index (χ1) is 4.33. The van der Waals surface area contributed by atoms with Crippen molar-refractivity contribution in [3.63, 3.8) is 0 Å². The van der Waals surface area contributed by atoms with Gasteiger partial charge in [-0.05, 0) is 6.54 Å². The van der Waals surface area contributed by atoms with Crippen molar-refractivity contribution in [2.45, 2.75) is 6.42 Å². The standard InChI is InChI=1S/C5H9N3S.2BrH/c6-2-1-4-3-9-5(7)8-4;;/h3H,1-2,6H2,(H2,7,8);2*1H. The molecule has 0 saturated carbocycles. The number of hydrogen-bond acceptors (Lipinski definition) is 4. The number of thiazole rings is 1. The van der Waals surface area contributed by atoms with E-state index in [1.807, 2.05) is 5.38 Å². The van der Waals surface area contributed by atoms with Gasteiger partial charge in [0.05, 0.1) is 5.69 Å². The van der Waals surface area contributed by atoms with E-state index in [-0.39, 0.29) is 34.0 Å². The van der Waals surface area contributed by atoms with Gasteiger partial charge in [-0.25, -0.2) is 4.98 Å². The van der Waals surface area contributed by atoms with Gasteiger partial charge in [-0.3, -0.25) is 0 Å². The molecule has 3 nitrogen and oxygen atoms in total. The first-order valence-electron chi connectivity index (χ1n) is 2.73. The first kappa shape index (κ1) is 13.9. The number of hydrogen-bond donors (Lipinski definition) is 2. The fraction of sp³-hybridized carbons (Fsp3) is 0.400. The van der Waals surface area contributed by atoms with Gasteiger partial charge in [0.2, 0.25) is 0 Å². The van der Waals surface area contributed by atoms with Crippen LogP contribution in [-0.4, -0.2) is 11.5 Å². The van der Waals surface area contributed by atoms with E-state index < -0.39 is 0 Å². The molecule has 66 valence electrons. The van der Waals surface area contributed by atoms with Crippen LogP contribution in [0.25, 0.3) is 0 Å². The summed E-state index contributed by atoms with van der Waals surface area (Å²) in [5, 5.41) is 2.56. The third kappa shape index (κ3) is 4.73. The summed E-state index contributed by atoms with van der Waals surface area (Å²) < 4.78 is 0. The summed E-state index contributed by atoms with van der Waals surface area (Å²) in [5.41, 5.74) is 11.7. The van der Waals surface area contributed by atoms with Crippen LogP contribution >= 0.6 is 45.3 Å². The van der Waals surface area contributed by atoms with Gasteiger partial charge in [0.15, 0.2) is 5.13 Å². The highest BCUT2D eigenvalue weighted by molar-refractivity contribution is 8.93. The molecule has 11 heavy (non-hydrogen) atoms. The van der Waals surface area contributed by atoms with Crippen LogP contribution in [0, 0.1) is 0 Å². The largest absolute Gasteiger partial charge is 0.375 e. The van der Waals surface area contributed by atoms with E-state index in [0.717, 1.165) is 12.1 Å². The highest BCUT2D eigenvalue weighted by Gasteiger charge is 1.94. The van der Waals surface area contributed by atoms with Crippen molar-refractivity contribution < 1.29 is 0 Å². The quantitative estimate of drug-likeness (QED) is 0.867. The van der Waals surface area contributed by atoms with Gasteiger partial charge in [-0.2, -0.15) is 0 Å². The minimum absolute atomic E-state index is 0. The minimum atomic E-state index is 0. The van der Waals surface area contributed by atoms with Crippen LogP contribution in [0.5, 0.6) is 0 Å². The van der Waals surface area contributed by atoms with E-state index in [9.17, 15) is 0 Å². The lowest BCUT2D eigenvalue weighted by molar-refractivity contribution is 0.937.